The summed E-state index contributed by atoms with van der Waals surface area (Å²) in [7, 11) is 0. The summed E-state index contributed by atoms with van der Waals surface area (Å²) in [5.41, 5.74) is 1.58. The predicted octanol–water partition coefficient (Wildman–Crippen LogP) is 3.50. The van der Waals surface area contributed by atoms with Crippen LogP contribution in [0.15, 0.2) is 69.0 Å². The normalized spacial score (nSPS) is 11.1. The maximum atomic E-state index is 12.6. The molecule has 1 N–H and O–H groups in total. The molecule has 0 radical (unpaired) electrons. The SMILES string of the molecule is CSc1cccc(NC(=O)Cn2cnc3c(oc4ccccc43)c2=O)c1. The number of carbonyl (C=O) groups excluding carboxylic acids is 1. The fourth-order valence-corrected chi connectivity index (χ4v) is 3.24. The first kappa shape index (κ1) is 16.4. The van der Waals surface area contributed by atoms with Crippen molar-refractivity contribution in [3.63, 3.8) is 0 Å². The van der Waals surface area contributed by atoms with Gasteiger partial charge in [-0.2, -0.15) is 0 Å². The van der Waals surface area contributed by atoms with Gasteiger partial charge in [0, 0.05) is 16.0 Å². The van der Waals surface area contributed by atoms with Crippen LogP contribution in [0.3, 0.4) is 0 Å². The van der Waals surface area contributed by atoms with Crippen LogP contribution in [0.2, 0.25) is 0 Å². The highest BCUT2D eigenvalue weighted by Gasteiger charge is 2.14. The molecule has 2 aromatic carbocycles. The highest BCUT2D eigenvalue weighted by Crippen LogP contribution is 2.24. The van der Waals surface area contributed by atoms with Crippen molar-refractivity contribution in [1.82, 2.24) is 9.55 Å². The van der Waals surface area contributed by atoms with Gasteiger partial charge in [0.15, 0.2) is 0 Å². The van der Waals surface area contributed by atoms with Crippen molar-refractivity contribution in [2.75, 3.05) is 11.6 Å². The Hall–Kier alpha value is -3.06. The topological polar surface area (TPSA) is 77.1 Å². The second-order valence-electron chi connectivity index (χ2n) is 5.73. The Morgan fingerprint density at radius 1 is 1.23 bits per heavy atom. The fourth-order valence-electron chi connectivity index (χ4n) is 2.78. The van der Waals surface area contributed by atoms with E-state index >= 15 is 0 Å². The van der Waals surface area contributed by atoms with Gasteiger partial charge in [0.1, 0.15) is 17.6 Å². The van der Waals surface area contributed by atoms with Gasteiger partial charge in [-0.25, -0.2) is 4.98 Å². The maximum absolute atomic E-state index is 12.6. The van der Waals surface area contributed by atoms with Crippen LogP contribution < -0.4 is 10.9 Å². The van der Waals surface area contributed by atoms with Gasteiger partial charge in [0.05, 0.1) is 6.33 Å². The monoisotopic (exact) mass is 365 g/mol. The molecule has 4 aromatic rings. The van der Waals surface area contributed by atoms with Crippen LogP contribution in [0, 0.1) is 0 Å². The van der Waals surface area contributed by atoms with Crippen LogP contribution in [0.1, 0.15) is 0 Å². The van der Waals surface area contributed by atoms with Crippen molar-refractivity contribution >= 4 is 45.4 Å². The van der Waals surface area contributed by atoms with Gasteiger partial charge in [-0.1, -0.05) is 18.2 Å². The number of hydrogen-bond acceptors (Lipinski definition) is 5. The molecule has 0 bridgehead atoms. The number of benzene rings is 2. The zero-order valence-electron chi connectivity index (χ0n) is 13.9. The van der Waals surface area contributed by atoms with Crippen LogP contribution in [0.4, 0.5) is 5.69 Å². The van der Waals surface area contributed by atoms with E-state index in [0.29, 0.717) is 16.8 Å². The zero-order chi connectivity index (χ0) is 18.1. The first-order valence-corrected chi connectivity index (χ1v) is 9.19. The molecule has 0 saturated heterocycles. The molecule has 7 heteroatoms. The van der Waals surface area contributed by atoms with Gasteiger partial charge >= 0.3 is 0 Å². The number of nitrogens with zero attached hydrogens (tertiary/aromatic N) is 2. The number of para-hydroxylation sites is 1. The molecule has 26 heavy (non-hydrogen) atoms. The molecule has 0 spiro atoms. The van der Waals surface area contributed by atoms with Crippen LogP contribution in [-0.4, -0.2) is 21.7 Å². The van der Waals surface area contributed by atoms with Gasteiger partial charge in [-0.15, -0.1) is 11.8 Å². The van der Waals surface area contributed by atoms with Crippen LogP contribution >= 0.6 is 11.8 Å². The maximum Gasteiger partial charge on any atom is 0.297 e. The fraction of sp³-hybridized carbons (Fsp3) is 0.105. The molecule has 6 nitrogen and oxygen atoms in total. The molecule has 0 aliphatic carbocycles. The standard InChI is InChI=1S/C19H15N3O3S/c1-26-13-6-4-5-12(9-13)21-16(23)10-22-11-20-17-14-7-2-3-8-15(14)25-18(17)19(22)24/h2-9,11H,10H2,1H3,(H,21,23). The van der Waals surface area contributed by atoms with E-state index in [1.807, 2.05) is 42.7 Å². The summed E-state index contributed by atoms with van der Waals surface area (Å²) in [5, 5.41) is 3.58. The van der Waals surface area contributed by atoms with Crippen LogP contribution in [-0.2, 0) is 11.3 Å². The van der Waals surface area contributed by atoms with E-state index in [-0.39, 0.29) is 23.6 Å². The summed E-state index contributed by atoms with van der Waals surface area (Å²) in [6.07, 6.45) is 3.35. The Morgan fingerprint density at radius 2 is 2.08 bits per heavy atom. The third kappa shape index (κ3) is 2.97. The molecule has 0 unspecified atom stereocenters. The molecule has 0 aliphatic rings. The van der Waals surface area contributed by atoms with E-state index in [1.54, 1.807) is 23.9 Å². The average molecular weight is 365 g/mol. The van der Waals surface area contributed by atoms with E-state index in [4.69, 9.17) is 4.42 Å². The second-order valence-corrected chi connectivity index (χ2v) is 6.61. The number of fused-ring (bicyclic) bond motifs is 3. The molecule has 2 aromatic heterocycles. The molecule has 130 valence electrons. The van der Waals surface area contributed by atoms with Gasteiger partial charge in [0.2, 0.25) is 11.5 Å². The minimum atomic E-state index is -0.376. The van der Waals surface area contributed by atoms with Crippen molar-refractivity contribution in [2.45, 2.75) is 11.4 Å². The number of aromatic nitrogens is 2. The highest BCUT2D eigenvalue weighted by atomic mass is 32.2. The van der Waals surface area contributed by atoms with Gasteiger partial charge in [-0.3, -0.25) is 14.2 Å². The van der Waals surface area contributed by atoms with E-state index in [2.05, 4.69) is 10.3 Å². The molecule has 0 fully saturated rings. The van der Waals surface area contributed by atoms with Crippen molar-refractivity contribution in [1.29, 1.82) is 0 Å². The lowest BCUT2D eigenvalue weighted by molar-refractivity contribution is -0.116. The summed E-state index contributed by atoms with van der Waals surface area (Å²) in [5.74, 6) is -0.303. The van der Waals surface area contributed by atoms with Crippen molar-refractivity contribution in [3.05, 3.63) is 65.2 Å². The summed E-state index contributed by atoms with van der Waals surface area (Å²) in [4.78, 5) is 30.3. The van der Waals surface area contributed by atoms with Gasteiger partial charge in [-0.05, 0) is 36.6 Å². The van der Waals surface area contributed by atoms with Gasteiger partial charge < -0.3 is 9.73 Å². The minimum absolute atomic E-state index is 0.137. The number of amides is 1. The first-order chi connectivity index (χ1) is 12.7. The first-order valence-electron chi connectivity index (χ1n) is 7.96. The van der Waals surface area contributed by atoms with Crippen molar-refractivity contribution in [2.24, 2.45) is 0 Å². The third-order valence-electron chi connectivity index (χ3n) is 4.02. The molecule has 0 aliphatic heterocycles. The molecule has 0 atom stereocenters. The molecular formula is C19H15N3O3S. The van der Waals surface area contributed by atoms with Crippen LogP contribution in [0.5, 0.6) is 0 Å². The molecule has 2 heterocycles. The third-order valence-corrected chi connectivity index (χ3v) is 4.74. The number of hydrogen-bond donors (Lipinski definition) is 1. The lowest BCUT2D eigenvalue weighted by Crippen LogP contribution is -2.27. The molecule has 4 rings (SSSR count). The Labute approximate surface area is 152 Å². The minimum Gasteiger partial charge on any atom is -0.448 e. The quantitative estimate of drug-likeness (QED) is 0.560. The van der Waals surface area contributed by atoms with E-state index in [0.717, 1.165) is 10.3 Å². The van der Waals surface area contributed by atoms with E-state index in [9.17, 15) is 9.59 Å². The number of furan rings is 1. The van der Waals surface area contributed by atoms with Crippen molar-refractivity contribution < 1.29 is 9.21 Å². The summed E-state index contributed by atoms with van der Waals surface area (Å²) in [6.45, 7) is -0.137. The zero-order valence-corrected chi connectivity index (χ0v) is 14.7. The van der Waals surface area contributed by atoms with Gasteiger partial charge in [0.25, 0.3) is 5.56 Å². The lowest BCUT2D eigenvalue weighted by Gasteiger charge is -2.08. The Bertz CT molecular complexity index is 1180. The Morgan fingerprint density at radius 3 is 2.92 bits per heavy atom. The second kappa shape index (κ2) is 6.68. The lowest BCUT2D eigenvalue weighted by atomic mass is 10.2. The summed E-state index contributed by atoms with van der Waals surface area (Å²) in [6, 6.07) is 14.8. The number of thioether (sulfide) groups is 1. The summed E-state index contributed by atoms with van der Waals surface area (Å²) >= 11 is 1.59. The number of rotatable bonds is 4. The highest BCUT2D eigenvalue weighted by molar-refractivity contribution is 7.98. The number of nitrogens with one attached hydrogen (secondary N) is 1. The van der Waals surface area contributed by atoms with E-state index in [1.165, 1.54) is 10.9 Å². The largest absolute Gasteiger partial charge is 0.448 e. The predicted molar refractivity (Wildman–Crippen MR) is 103 cm³/mol. The smallest absolute Gasteiger partial charge is 0.297 e. The van der Waals surface area contributed by atoms with E-state index < -0.39 is 0 Å². The summed E-state index contributed by atoms with van der Waals surface area (Å²) < 4.78 is 6.87. The van der Waals surface area contributed by atoms with Crippen LogP contribution in [0.25, 0.3) is 22.1 Å². The molecule has 1 amide bonds. The Balaban J connectivity index is 1.62. The average Bonchev–Trinajstić information content (AvgIpc) is 3.04. The van der Waals surface area contributed by atoms with Crippen molar-refractivity contribution in [3.8, 4) is 0 Å². The number of carbonyl (C=O) groups is 1. The molecular weight excluding hydrogens is 350 g/mol. The Kier molecular flexibility index (Phi) is 4.22. The molecule has 0 saturated carbocycles. The number of anilines is 1.